The molecule has 0 aromatic heterocycles. The fourth-order valence-electron chi connectivity index (χ4n) is 7.89. The van der Waals surface area contributed by atoms with Gasteiger partial charge in [0, 0.05) is 18.2 Å². The molecule has 0 bridgehead atoms. The first kappa shape index (κ1) is 23.2. The molecule has 1 spiro atoms. The van der Waals surface area contributed by atoms with E-state index in [1.165, 1.54) is 29.9 Å². The third kappa shape index (κ3) is 2.88. The molecule has 3 fully saturated rings. The Morgan fingerprint density at radius 2 is 1.84 bits per heavy atom. The Balaban J connectivity index is 1.36. The molecule has 5 aliphatic rings. The van der Waals surface area contributed by atoms with Gasteiger partial charge in [-0.3, -0.25) is 19.4 Å². The van der Waals surface area contributed by atoms with Crippen LogP contribution in [0.1, 0.15) is 70.9 Å². The van der Waals surface area contributed by atoms with Gasteiger partial charge in [0.25, 0.3) is 11.8 Å². The maximum atomic E-state index is 14.0. The number of aromatic hydroxyl groups is 1. The highest BCUT2D eigenvalue weighted by atomic mass is 19.1. The molecule has 8 heteroatoms. The molecule has 2 aliphatic carbocycles. The standard InChI is InChI=1S/C29H31FN2O5/c1-15-3-8-22(33)24-23(15)28-11-12-31(14-17-4-5-17)16(2)29(28,36)10-9-21(25(28)37-24)32-26(34)19-7-6-18(30)13-20(19)27(32)35/h3,6-8,13,16-17,21,25,33,36H,4-5,9-12,14H2,1-2H3/t16-,21-,25+,28+,29-/m1/s1. The van der Waals surface area contributed by atoms with Crippen LogP contribution in [0.4, 0.5) is 4.39 Å². The first-order valence-corrected chi connectivity index (χ1v) is 13.3. The van der Waals surface area contributed by atoms with Gasteiger partial charge in [-0.05, 0) is 88.2 Å². The minimum absolute atomic E-state index is 0.0111. The molecule has 37 heavy (non-hydrogen) atoms. The smallest absolute Gasteiger partial charge is 0.262 e. The molecule has 7 nitrogen and oxygen atoms in total. The van der Waals surface area contributed by atoms with E-state index in [-0.39, 0.29) is 22.9 Å². The Morgan fingerprint density at radius 1 is 1.08 bits per heavy atom. The number of aliphatic hydroxyl groups is 1. The van der Waals surface area contributed by atoms with Crippen molar-refractivity contribution >= 4 is 11.8 Å². The fraction of sp³-hybridized carbons (Fsp3) is 0.517. The number of carbonyl (C=O) groups excluding carboxylic acids is 2. The number of phenolic OH excluding ortho intramolecular Hbond substituents is 1. The summed E-state index contributed by atoms with van der Waals surface area (Å²) in [6.45, 7) is 5.72. The van der Waals surface area contributed by atoms with Crippen LogP contribution in [-0.2, 0) is 5.41 Å². The number of imide groups is 1. The zero-order valence-corrected chi connectivity index (χ0v) is 21.0. The second-order valence-corrected chi connectivity index (χ2v) is 11.7. The lowest BCUT2D eigenvalue weighted by atomic mass is 9.51. The van der Waals surface area contributed by atoms with E-state index in [1.807, 2.05) is 13.0 Å². The lowest BCUT2D eigenvalue weighted by Gasteiger charge is -2.62. The van der Waals surface area contributed by atoms with Crippen molar-refractivity contribution in [3.63, 3.8) is 0 Å². The first-order valence-electron chi connectivity index (χ1n) is 13.3. The largest absolute Gasteiger partial charge is 0.504 e. The molecule has 2 amide bonds. The Bertz CT molecular complexity index is 1360. The van der Waals surface area contributed by atoms with Gasteiger partial charge in [-0.25, -0.2) is 4.39 Å². The van der Waals surface area contributed by atoms with Crippen molar-refractivity contribution in [3.05, 3.63) is 58.4 Å². The normalized spacial score (nSPS) is 34.6. The van der Waals surface area contributed by atoms with E-state index in [0.29, 0.717) is 30.9 Å². The van der Waals surface area contributed by atoms with Crippen LogP contribution in [0.3, 0.4) is 0 Å². The summed E-state index contributed by atoms with van der Waals surface area (Å²) in [7, 11) is 0. The summed E-state index contributed by atoms with van der Waals surface area (Å²) < 4.78 is 20.5. The van der Waals surface area contributed by atoms with Crippen LogP contribution in [0.5, 0.6) is 11.5 Å². The Morgan fingerprint density at radius 3 is 2.59 bits per heavy atom. The lowest BCUT2D eigenvalue weighted by Crippen LogP contribution is -2.76. The van der Waals surface area contributed by atoms with E-state index >= 15 is 0 Å². The molecule has 0 unspecified atom stereocenters. The molecule has 2 saturated carbocycles. The predicted molar refractivity (Wildman–Crippen MR) is 132 cm³/mol. The number of fused-ring (bicyclic) bond motifs is 2. The van der Waals surface area contributed by atoms with Gasteiger partial charge in [0.2, 0.25) is 0 Å². The van der Waals surface area contributed by atoms with Gasteiger partial charge in [0.05, 0.1) is 28.2 Å². The predicted octanol–water partition coefficient (Wildman–Crippen LogP) is 3.53. The van der Waals surface area contributed by atoms with E-state index < -0.39 is 40.8 Å². The summed E-state index contributed by atoms with van der Waals surface area (Å²) in [5.74, 6) is -0.582. The van der Waals surface area contributed by atoms with Gasteiger partial charge in [0.1, 0.15) is 11.9 Å². The maximum absolute atomic E-state index is 14.0. The number of hydrogen-bond acceptors (Lipinski definition) is 6. The summed E-state index contributed by atoms with van der Waals surface area (Å²) in [6, 6.07) is 6.26. The number of aryl methyl sites for hydroxylation is 1. The quantitative estimate of drug-likeness (QED) is 0.619. The van der Waals surface area contributed by atoms with E-state index in [0.717, 1.165) is 30.3 Å². The summed E-state index contributed by atoms with van der Waals surface area (Å²) in [5.41, 5.74) is -0.165. The lowest BCUT2D eigenvalue weighted by molar-refractivity contribution is -0.187. The number of piperidine rings is 1. The van der Waals surface area contributed by atoms with Crippen molar-refractivity contribution in [2.24, 2.45) is 5.92 Å². The van der Waals surface area contributed by atoms with Crippen LogP contribution < -0.4 is 4.74 Å². The fourth-order valence-corrected chi connectivity index (χ4v) is 7.89. The van der Waals surface area contributed by atoms with Gasteiger partial charge < -0.3 is 14.9 Å². The number of likely N-dealkylation sites (tertiary alicyclic amines) is 1. The average Bonchev–Trinajstić information content (AvgIpc) is 3.57. The molecule has 2 aromatic rings. The molecule has 7 rings (SSSR count). The van der Waals surface area contributed by atoms with Crippen molar-refractivity contribution in [1.82, 2.24) is 9.80 Å². The van der Waals surface area contributed by atoms with Crippen molar-refractivity contribution in [2.45, 2.75) is 75.2 Å². The molecular weight excluding hydrogens is 475 g/mol. The van der Waals surface area contributed by atoms with E-state index in [9.17, 15) is 24.2 Å². The number of nitrogens with zero attached hydrogens (tertiary/aromatic N) is 2. The number of rotatable bonds is 3. The summed E-state index contributed by atoms with van der Waals surface area (Å²) in [4.78, 5) is 30.6. The van der Waals surface area contributed by atoms with Crippen LogP contribution >= 0.6 is 0 Å². The minimum atomic E-state index is -1.18. The summed E-state index contributed by atoms with van der Waals surface area (Å²) >= 11 is 0. The monoisotopic (exact) mass is 506 g/mol. The highest BCUT2D eigenvalue weighted by Gasteiger charge is 2.71. The van der Waals surface area contributed by atoms with E-state index in [4.69, 9.17) is 4.74 Å². The summed E-state index contributed by atoms with van der Waals surface area (Å²) in [6.07, 6.45) is 3.01. The summed E-state index contributed by atoms with van der Waals surface area (Å²) in [5, 5.41) is 23.5. The van der Waals surface area contributed by atoms with Crippen LogP contribution in [0.2, 0.25) is 0 Å². The van der Waals surface area contributed by atoms with Crippen molar-refractivity contribution in [1.29, 1.82) is 0 Å². The van der Waals surface area contributed by atoms with Gasteiger partial charge in [-0.15, -0.1) is 0 Å². The van der Waals surface area contributed by atoms with Gasteiger partial charge in [-0.2, -0.15) is 0 Å². The van der Waals surface area contributed by atoms with Crippen LogP contribution in [-0.4, -0.2) is 68.7 Å². The van der Waals surface area contributed by atoms with E-state index in [1.54, 1.807) is 6.07 Å². The van der Waals surface area contributed by atoms with Crippen LogP contribution in [0, 0.1) is 18.7 Å². The topological polar surface area (TPSA) is 90.3 Å². The third-order valence-electron chi connectivity index (χ3n) is 9.90. The van der Waals surface area contributed by atoms with Gasteiger partial charge in [0.15, 0.2) is 11.5 Å². The number of hydrogen-bond donors (Lipinski definition) is 2. The number of ether oxygens (including phenoxy) is 1. The second-order valence-electron chi connectivity index (χ2n) is 11.7. The molecule has 3 heterocycles. The first-order chi connectivity index (χ1) is 17.7. The Labute approximate surface area is 214 Å². The molecule has 2 N–H and O–H groups in total. The van der Waals surface area contributed by atoms with E-state index in [2.05, 4.69) is 11.8 Å². The number of phenols is 1. The number of amides is 2. The minimum Gasteiger partial charge on any atom is -0.504 e. The zero-order valence-electron chi connectivity index (χ0n) is 21.0. The molecule has 0 radical (unpaired) electrons. The van der Waals surface area contributed by atoms with Crippen LogP contribution in [0.25, 0.3) is 0 Å². The highest BCUT2D eigenvalue weighted by molar-refractivity contribution is 6.21. The third-order valence-corrected chi connectivity index (χ3v) is 9.90. The molecular formula is C29H31FN2O5. The van der Waals surface area contributed by atoms with Crippen molar-refractivity contribution < 1.29 is 28.9 Å². The highest BCUT2D eigenvalue weighted by Crippen LogP contribution is 2.63. The number of halogens is 1. The molecule has 3 aliphatic heterocycles. The second kappa shape index (κ2) is 7.54. The molecule has 5 atom stereocenters. The molecule has 194 valence electrons. The van der Waals surface area contributed by atoms with Crippen LogP contribution in [0.15, 0.2) is 30.3 Å². The SMILES string of the molecule is Cc1ccc(O)c2c1[C@]13CCN(CC4CC4)[C@H](C)[C@]1(O)CC[C@@H](N1C(=O)c4ccc(F)cc4C1=O)[C@@H]3O2. The Kier molecular flexibility index (Phi) is 4.72. The maximum Gasteiger partial charge on any atom is 0.262 e. The zero-order chi connectivity index (χ0) is 25.9. The number of carbonyl (C=O) groups is 2. The Hall–Kier alpha value is -2.97. The molecule has 1 saturated heterocycles. The van der Waals surface area contributed by atoms with Gasteiger partial charge >= 0.3 is 0 Å². The van der Waals surface area contributed by atoms with Crippen molar-refractivity contribution in [2.75, 3.05) is 13.1 Å². The average molecular weight is 507 g/mol. The van der Waals surface area contributed by atoms with Gasteiger partial charge in [-0.1, -0.05) is 6.07 Å². The molecule has 2 aromatic carbocycles. The van der Waals surface area contributed by atoms with Crippen molar-refractivity contribution in [3.8, 4) is 11.5 Å². The number of benzene rings is 2.